The average molecular weight is 598 g/mol. The molecule has 0 fully saturated rings. The lowest BCUT2D eigenvalue weighted by Gasteiger charge is -2.36. The summed E-state index contributed by atoms with van der Waals surface area (Å²) < 4.78 is 0. The van der Waals surface area contributed by atoms with Crippen molar-refractivity contribution >= 4 is 81.9 Å². The highest BCUT2D eigenvalue weighted by Gasteiger charge is 2.41. The molecule has 3 rings (SSSR count). The third-order valence-corrected chi connectivity index (χ3v) is 21.5. The molecule has 0 heterocycles. The van der Waals surface area contributed by atoms with E-state index in [1.807, 2.05) is 0 Å². The Kier molecular flexibility index (Phi) is 9.00. The van der Waals surface area contributed by atoms with E-state index in [4.69, 9.17) is 11.1 Å². The number of hydrogen-bond donors (Lipinski definition) is 0. The first-order valence-corrected chi connectivity index (χ1v) is 30.8. The molecule has 6 heteroatoms. The molecule has 0 spiro atoms. The molecule has 0 aliphatic rings. The molecule has 0 nitrogen and oxygen atoms in total. The third kappa shape index (κ3) is 7.37. The third-order valence-electron chi connectivity index (χ3n) is 7.83. The number of halogens is 1. The van der Waals surface area contributed by atoms with E-state index in [0.29, 0.717) is 0 Å². The van der Waals surface area contributed by atoms with Gasteiger partial charge in [0.1, 0.15) is 15.5 Å². The quantitative estimate of drug-likeness (QED) is 0.156. The summed E-state index contributed by atoms with van der Waals surface area (Å²) in [5.74, 6) is 0. The number of benzene rings is 3. The van der Waals surface area contributed by atoms with Gasteiger partial charge in [0.25, 0.3) is 0 Å². The Hall–Kier alpha value is -0.966. The zero-order chi connectivity index (χ0) is 27.9. The first-order valence-electron chi connectivity index (χ1n) is 13.9. The van der Waals surface area contributed by atoms with Crippen LogP contribution < -0.4 is 31.1 Å². The first-order chi connectivity index (χ1) is 16.8. The van der Waals surface area contributed by atoms with Gasteiger partial charge in [-0.25, -0.2) is 0 Å². The van der Waals surface area contributed by atoms with Gasteiger partial charge in [-0.2, -0.15) is 11.1 Å². The Morgan fingerprint density at radius 2 is 0.595 bits per heavy atom. The maximum atomic E-state index is 7.03. The predicted molar refractivity (Wildman–Crippen MR) is 186 cm³/mol. The fraction of sp³-hybridized carbons (Fsp3) is 0.419. The molecule has 0 radical (unpaired) electrons. The van der Waals surface area contributed by atoms with Crippen molar-refractivity contribution in [1.29, 1.82) is 0 Å². The molecule has 0 N–H and O–H groups in total. The van der Waals surface area contributed by atoms with E-state index in [0.717, 1.165) is 6.04 Å². The molecule has 200 valence electrons. The van der Waals surface area contributed by atoms with Crippen LogP contribution in [0.1, 0.15) is 0 Å². The van der Waals surface area contributed by atoms with Crippen molar-refractivity contribution < 1.29 is 0 Å². The molecule has 3 aromatic rings. The Labute approximate surface area is 237 Å². The summed E-state index contributed by atoms with van der Waals surface area (Å²) in [7, 11) is -8.15. The molecule has 0 aliphatic heterocycles. The van der Waals surface area contributed by atoms with E-state index in [-0.39, 0.29) is 0 Å². The van der Waals surface area contributed by atoms with Crippen molar-refractivity contribution in [2.45, 2.75) is 84.1 Å². The van der Waals surface area contributed by atoms with Crippen LogP contribution in [0.25, 0.3) is 0 Å². The standard InChI is InChI=1S/C31H49ClSi5/c1-33(2,3)26-12-18-29(19-13-26)37(25-24-36(10,11)32,30-20-14-27(15-21-30)34(4,5)6)31-22-16-28(17-23-31)35(7,8)9/h12-23H,24-25H2,1-11H3. The highest BCUT2D eigenvalue weighted by molar-refractivity contribution is 7.20. The fourth-order valence-electron chi connectivity index (χ4n) is 5.18. The Morgan fingerprint density at radius 3 is 0.784 bits per heavy atom. The molecular formula is C31H49ClSi5. The maximum absolute atomic E-state index is 7.03. The molecule has 0 aliphatic carbocycles. The zero-order valence-electron chi connectivity index (χ0n) is 25.2. The Morgan fingerprint density at radius 1 is 0.378 bits per heavy atom. The Bertz CT molecular complexity index is 1030. The lowest BCUT2D eigenvalue weighted by atomic mass is 10.3. The molecule has 0 saturated heterocycles. The molecule has 37 heavy (non-hydrogen) atoms. The van der Waals surface area contributed by atoms with E-state index in [2.05, 4.69) is 145 Å². The molecule has 0 atom stereocenters. The van der Waals surface area contributed by atoms with Crippen LogP contribution >= 0.6 is 11.1 Å². The van der Waals surface area contributed by atoms with E-state index in [1.54, 1.807) is 0 Å². The summed E-state index contributed by atoms with van der Waals surface area (Å²) in [5, 5.41) is 9.21. The van der Waals surface area contributed by atoms with Gasteiger partial charge in [0.05, 0.1) is 24.2 Å². The molecule has 0 unspecified atom stereocenters. The smallest absolute Gasteiger partial charge is 0.150 e. The maximum Gasteiger partial charge on any atom is 0.150 e. The van der Waals surface area contributed by atoms with Crippen LogP contribution in [0.5, 0.6) is 0 Å². The molecular weight excluding hydrogens is 548 g/mol. The number of hydrogen-bond acceptors (Lipinski definition) is 0. The normalized spacial score (nSPS) is 13.6. The van der Waals surface area contributed by atoms with Crippen LogP contribution in [0.3, 0.4) is 0 Å². The van der Waals surface area contributed by atoms with Gasteiger partial charge in [0.15, 0.2) is 0 Å². The van der Waals surface area contributed by atoms with Crippen LogP contribution in [0.4, 0.5) is 0 Å². The van der Waals surface area contributed by atoms with Gasteiger partial charge in [-0.05, 0) is 27.6 Å². The van der Waals surface area contributed by atoms with Gasteiger partial charge >= 0.3 is 0 Å². The van der Waals surface area contributed by atoms with Crippen LogP contribution in [-0.2, 0) is 0 Å². The van der Waals surface area contributed by atoms with E-state index in [9.17, 15) is 0 Å². The van der Waals surface area contributed by atoms with E-state index in [1.165, 1.54) is 37.2 Å². The molecule has 0 aromatic heterocycles. The molecule has 0 amide bonds. The lowest BCUT2D eigenvalue weighted by molar-refractivity contribution is 1.33. The van der Waals surface area contributed by atoms with Crippen molar-refractivity contribution in [3.05, 3.63) is 72.8 Å². The van der Waals surface area contributed by atoms with E-state index >= 15 is 0 Å². The topological polar surface area (TPSA) is 0 Å². The van der Waals surface area contributed by atoms with Gasteiger partial charge in [0.2, 0.25) is 0 Å². The molecule has 0 saturated carbocycles. The fourth-order valence-corrected chi connectivity index (χ4v) is 17.5. The average Bonchev–Trinajstić information content (AvgIpc) is 2.78. The van der Waals surface area contributed by atoms with E-state index < -0.39 is 39.7 Å². The largest absolute Gasteiger partial charge is 0.168 e. The van der Waals surface area contributed by atoms with Crippen molar-refractivity contribution in [3.63, 3.8) is 0 Å². The van der Waals surface area contributed by atoms with Crippen molar-refractivity contribution in [3.8, 4) is 0 Å². The second-order valence-electron chi connectivity index (χ2n) is 14.6. The summed E-state index contributed by atoms with van der Waals surface area (Å²) in [6, 6.07) is 31.9. The van der Waals surface area contributed by atoms with Crippen LogP contribution in [-0.4, -0.2) is 39.7 Å². The predicted octanol–water partition coefficient (Wildman–Crippen LogP) is 6.24. The van der Waals surface area contributed by atoms with Crippen molar-refractivity contribution in [2.75, 3.05) is 0 Å². The second kappa shape index (κ2) is 10.9. The van der Waals surface area contributed by atoms with Crippen molar-refractivity contribution in [1.82, 2.24) is 0 Å². The monoisotopic (exact) mass is 596 g/mol. The highest BCUT2D eigenvalue weighted by atomic mass is 35.6. The summed E-state index contributed by atoms with van der Waals surface area (Å²) in [4.78, 5) is 0. The van der Waals surface area contributed by atoms with Gasteiger partial charge in [-0.15, -0.1) is 0 Å². The summed E-state index contributed by atoms with van der Waals surface area (Å²) in [6.45, 7) is 26.6. The SMILES string of the molecule is C[Si](C)(Cl)CC[Si](c1ccc([Si](C)(C)C)cc1)(c1ccc([Si](C)(C)C)cc1)c1ccc([Si](C)(C)C)cc1. The summed E-state index contributed by atoms with van der Waals surface area (Å²) in [5.41, 5.74) is 0. The van der Waals surface area contributed by atoms with Gasteiger partial charge in [-0.3, -0.25) is 0 Å². The van der Waals surface area contributed by atoms with Crippen LogP contribution in [0, 0.1) is 0 Å². The van der Waals surface area contributed by atoms with Crippen LogP contribution in [0.15, 0.2) is 72.8 Å². The second-order valence-corrected chi connectivity index (χ2v) is 40.9. The first kappa shape index (κ1) is 30.6. The van der Waals surface area contributed by atoms with Gasteiger partial charge < -0.3 is 0 Å². The molecule has 3 aromatic carbocycles. The number of rotatable bonds is 9. The minimum Gasteiger partial charge on any atom is -0.168 e. The summed E-state index contributed by atoms with van der Waals surface area (Å²) >= 11 is 7.03. The minimum atomic E-state index is -2.28. The van der Waals surface area contributed by atoms with Crippen molar-refractivity contribution in [2.24, 2.45) is 0 Å². The van der Waals surface area contributed by atoms with Crippen LogP contribution in [0.2, 0.25) is 84.1 Å². The summed E-state index contributed by atoms with van der Waals surface area (Å²) in [6.07, 6.45) is 0. The highest BCUT2D eigenvalue weighted by Crippen LogP contribution is 2.24. The minimum absolute atomic E-state index is 1.13. The van der Waals surface area contributed by atoms with Gasteiger partial charge in [0, 0.05) is 0 Å². The Balaban J connectivity index is 2.31. The molecule has 0 bridgehead atoms. The zero-order valence-corrected chi connectivity index (χ0v) is 31.0. The van der Waals surface area contributed by atoms with Gasteiger partial charge in [-0.1, -0.05) is 160 Å². The lowest BCUT2D eigenvalue weighted by Crippen LogP contribution is -2.68.